The van der Waals surface area contributed by atoms with E-state index in [0.717, 1.165) is 16.3 Å². The third-order valence-electron chi connectivity index (χ3n) is 4.60. The number of nitrogens with one attached hydrogen (secondary N) is 1. The molecular formula is C24H23N3O3S. The summed E-state index contributed by atoms with van der Waals surface area (Å²) in [5.41, 5.74) is 3.08. The van der Waals surface area contributed by atoms with E-state index < -0.39 is 0 Å². The van der Waals surface area contributed by atoms with Gasteiger partial charge < -0.3 is 14.6 Å². The van der Waals surface area contributed by atoms with Gasteiger partial charge in [0.25, 0.3) is 11.8 Å². The number of anilines is 1. The van der Waals surface area contributed by atoms with Crippen LogP contribution in [0.4, 0.5) is 5.69 Å². The first-order chi connectivity index (χ1) is 14.8. The van der Waals surface area contributed by atoms with E-state index in [1.54, 1.807) is 35.7 Å². The van der Waals surface area contributed by atoms with E-state index in [4.69, 9.17) is 9.26 Å². The van der Waals surface area contributed by atoms with Crippen molar-refractivity contribution in [3.63, 3.8) is 0 Å². The number of ether oxygens (including phenoxy) is 1. The molecule has 0 spiro atoms. The zero-order chi connectivity index (χ0) is 22.0. The maximum atomic E-state index is 12.6. The molecule has 7 heteroatoms. The van der Waals surface area contributed by atoms with Gasteiger partial charge in [-0.1, -0.05) is 50.6 Å². The monoisotopic (exact) mass is 433 g/mol. The molecule has 1 amide bonds. The summed E-state index contributed by atoms with van der Waals surface area (Å²) in [5, 5.41) is 9.39. The molecule has 0 fully saturated rings. The van der Waals surface area contributed by atoms with E-state index in [9.17, 15) is 4.79 Å². The fourth-order valence-electron chi connectivity index (χ4n) is 2.79. The van der Waals surface area contributed by atoms with Crippen LogP contribution in [-0.2, 0) is 5.41 Å². The van der Waals surface area contributed by atoms with Gasteiger partial charge in [0.2, 0.25) is 0 Å². The SMILES string of the molecule is Cc1ccc(-c2nc(C(=O)Nc3ccc(Oc4cc(C(C)(C)C)on4)cc3)cs2)cc1. The van der Waals surface area contributed by atoms with E-state index in [1.807, 2.05) is 52.0 Å². The number of carbonyl (C=O) groups excluding carboxylic acids is 1. The Morgan fingerprint density at radius 2 is 1.77 bits per heavy atom. The number of hydrogen-bond acceptors (Lipinski definition) is 6. The van der Waals surface area contributed by atoms with Crippen molar-refractivity contribution in [1.29, 1.82) is 0 Å². The first-order valence-corrected chi connectivity index (χ1v) is 10.7. The van der Waals surface area contributed by atoms with Gasteiger partial charge in [-0.15, -0.1) is 11.3 Å². The van der Waals surface area contributed by atoms with E-state index in [1.165, 1.54) is 16.9 Å². The van der Waals surface area contributed by atoms with E-state index in [2.05, 4.69) is 15.5 Å². The van der Waals surface area contributed by atoms with Crippen molar-refractivity contribution in [3.05, 3.63) is 77.0 Å². The summed E-state index contributed by atoms with van der Waals surface area (Å²) in [7, 11) is 0. The lowest BCUT2D eigenvalue weighted by Gasteiger charge is -2.11. The maximum Gasteiger partial charge on any atom is 0.275 e. The Bertz CT molecular complexity index is 1190. The summed E-state index contributed by atoms with van der Waals surface area (Å²) in [4.78, 5) is 17.0. The number of rotatable bonds is 5. The van der Waals surface area contributed by atoms with Crippen LogP contribution >= 0.6 is 11.3 Å². The number of benzene rings is 2. The Balaban J connectivity index is 1.39. The fourth-order valence-corrected chi connectivity index (χ4v) is 3.60. The van der Waals surface area contributed by atoms with E-state index in [0.29, 0.717) is 23.0 Å². The summed E-state index contributed by atoms with van der Waals surface area (Å²) in [6, 6.07) is 16.9. The van der Waals surface area contributed by atoms with Crippen LogP contribution < -0.4 is 10.1 Å². The van der Waals surface area contributed by atoms with Gasteiger partial charge >= 0.3 is 0 Å². The van der Waals surface area contributed by atoms with Gasteiger partial charge in [-0.25, -0.2) is 4.98 Å². The number of carbonyl (C=O) groups is 1. The highest BCUT2D eigenvalue weighted by molar-refractivity contribution is 7.13. The van der Waals surface area contributed by atoms with Crippen LogP contribution in [0, 0.1) is 6.92 Å². The van der Waals surface area contributed by atoms with Crippen LogP contribution in [0.25, 0.3) is 10.6 Å². The molecule has 2 heterocycles. The van der Waals surface area contributed by atoms with Gasteiger partial charge in [0.1, 0.15) is 22.2 Å². The molecule has 0 aliphatic carbocycles. The number of amides is 1. The highest BCUT2D eigenvalue weighted by Gasteiger charge is 2.20. The minimum atomic E-state index is -0.255. The van der Waals surface area contributed by atoms with Gasteiger partial charge in [0.05, 0.1) is 0 Å². The molecule has 1 N–H and O–H groups in total. The average molecular weight is 434 g/mol. The average Bonchev–Trinajstić information content (AvgIpc) is 3.40. The van der Waals surface area contributed by atoms with Crippen molar-refractivity contribution in [1.82, 2.24) is 10.1 Å². The molecule has 0 saturated carbocycles. The van der Waals surface area contributed by atoms with Crippen molar-refractivity contribution in [2.24, 2.45) is 0 Å². The normalized spacial score (nSPS) is 11.4. The Morgan fingerprint density at radius 3 is 2.42 bits per heavy atom. The van der Waals surface area contributed by atoms with Crippen LogP contribution in [-0.4, -0.2) is 16.0 Å². The summed E-state index contributed by atoms with van der Waals surface area (Å²) >= 11 is 1.45. The molecule has 0 aliphatic rings. The summed E-state index contributed by atoms with van der Waals surface area (Å²) < 4.78 is 11.1. The number of hydrogen-bond donors (Lipinski definition) is 1. The van der Waals surface area contributed by atoms with Gasteiger partial charge in [-0.2, -0.15) is 0 Å². The molecule has 0 unspecified atom stereocenters. The first-order valence-electron chi connectivity index (χ1n) is 9.87. The molecule has 4 rings (SSSR count). The van der Waals surface area contributed by atoms with Crippen molar-refractivity contribution in [2.45, 2.75) is 33.1 Å². The summed E-state index contributed by atoms with van der Waals surface area (Å²) in [6.45, 7) is 8.16. The van der Waals surface area contributed by atoms with E-state index >= 15 is 0 Å². The van der Waals surface area contributed by atoms with Gasteiger partial charge in [-0.3, -0.25) is 4.79 Å². The van der Waals surface area contributed by atoms with E-state index in [-0.39, 0.29) is 11.3 Å². The van der Waals surface area contributed by atoms with Crippen molar-refractivity contribution in [2.75, 3.05) is 5.32 Å². The van der Waals surface area contributed by atoms with Crippen molar-refractivity contribution in [3.8, 4) is 22.2 Å². The Kier molecular flexibility index (Phi) is 5.61. The van der Waals surface area contributed by atoms with Crippen LogP contribution in [0.2, 0.25) is 0 Å². The fraction of sp³-hybridized carbons (Fsp3) is 0.208. The topological polar surface area (TPSA) is 77.2 Å². The number of nitrogens with zero attached hydrogens (tertiary/aromatic N) is 2. The molecule has 2 aromatic heterocycles. The first kappa shape index (κ1) is 20.8. The summed E-state index contributed by atoms with van der Waals surface area (Å²) in [5.74, 6) is 1.49. The molecule has 31 heavy (non-hydrogen) atoms. The molecule has 0 aliphatic heterocycles. The van der Waals surface area contributed by atoms with Crippen LogP contribution in [0.15, 0.2) is 64.5 Å². The highest BCUT2D eigenvalue weighted by Crippen LogP contribution is 2.29. The number of thiazole rings is 1. The predicted octanol–water partition coefficient (Wildman–Crippen LogP) is 6.45. The third-order valence-corrected chi connectivity index (χ3v) is 5.49. The highest BCUT2D eigenvalue weighted by atomic mass is 32.1. The second-order valence-corrected chi connectivity index (χ2v) is 9.12. The van der Waals surface area contributed by atoms with Crippen LogP contribution in [0.5, 0.6) is 11.6 Å². The zero-order valence-electron chi connectivity index (χ0n) is 17.8. The molecule has 2 aromatic carbocycles. The molecule has 0 saturated heterocycles. The van der Waals surface area contributed by atoms with Gasteiger partial charge in [0, 0.05) is 28.1 Å². The quantitative estimate of drug-likeness (QED) is 0.391. The molecular weight excluding hydrogens is 410 g/mol. The molecule has 0 atom stereocenters. The second-order valence-electron chi connectivity index (χ2n) is 8.26. The van der Waals surface area contributed by atoms with Crippen LogP contribution in [0.1, 0.15) is 42.6 Å². The largest absolute Gasteiger partial charge is 0.436 e. The standard InChI is InChI=1S/C24H23N3O3S/c1-15-5-7-16(8-6-15)23-26-19(14-31-23)22(28)25-17-9-11-18(12-10-17)29-21-13-20(30-27-21)24(2,3)4/h5-14H,1-4H3,(H,25,28). The Hall–Kier alpha value is -3.45. The summed E-state index contributed by atoms with van der Waals surface area (Å²) in [6.07, 6.45) is 0. The lowest BCUT2D eigenvalue weighted by Crippen LogP contribution is -2.12. The smallest absolute Gasteiger partial charge is 0.275 e. The molecule has 0 bridgehead atoms. The molecule has 0 radical (unpaired) electrons. The van der Waals surface area contributed by atoms with Gasteiger partial charge in [0.15, 0.2) is 0 Å². The van der Waals surface area contributed by atoms with Gasteiger partial charge in [-0.05, 0) is 36.3 Å². The number of aromatic nitrogens is 2. The van der Waals surface area contributed by atoms with Crippen LogP contribution in [0.3, 0.4) is 0 Å². The van der Waals surface area contributed by atoms with Crippen molar-refractivity contribution < 1.29 is 14.1 Å². The second kappa shape index (κ2) is 8.35. The molecule has 4 aromatic rings. The Labute approximate surface area is 184 Å². The third kappa shape index (κ3) is 5.00. The van der Waals surface area contributed by atoms with Crippen molar-refractivity contribution >= 4 is 22.9 Å². The minimum absolute atomic E-state index is 0.141. The zero-order valence-corrected chi connectivity index (χ0v) is 18.6. The minimum Gasteiger partial charge on any atom is -0.436 e. The predicted molar refractivity (Wildman–Crippen MR) is 122 cm³/mol. The molecule has 158 valence electrons. The lowest BCUT2D eigenvalue weighted by atomic mass is 9.94. The lowest BCUT2D eigenvalue weighted by molar-refractivity contribution is 0.102. The Morgan fingerprint density at radius 1 is 1.06 bits per heavy atom. The maximum absolute atomic E-state index is 12.6. The molecule has 6 nitrogen and oxygen atoms in total. The number of aryl methyl sites for hydroxylation is 1.